The van der Waals surface area contributed by atoms with Crippen molar-refractivity contribution in [1.29, 1.82) is 0 Å². The van der Waals surface area contributed by atoms with Crippen molar-refractivity contribution in [3.05, 3.63) is 11.6 Å². The molecule has 1 atom stereocenters. The van der Waals surface area contributed by atoms with E-state index < -0.39 is 0 Å². The maximum absolute atomic E-state index is 11.6. The quantitative estimate of drug-likeness (QED) is 0.783. The standard InChI is InChI=1S/C9H16N4OS/c1-4-7-11-8(13-12-7)9(14)10-6(2)5-15-3/h6H,4-5H2,1-3H3,(H,10,14)(H,11,12,13). The first-order valence-corrected chi connectivity index (χ1v) is 6.27. The molecule has 0 aliphatic heterocycles. The number of nitrogens with zero attached hydrogens (tertiary/aromatic N) is 2. The van der Waals surface area contributed by atoms with E-state index in [0.29, 0.717) is 0 Å². The number of amides is 1. The van der Waals surface area contributed by atoms with Crippen LogP contribution in [0.25, 0.3) is 0 Å². The van der Waals surface area contributed by atoms with Gasteiger partial charge in [-0.3, -0.25) is 9.89 Å². The highest BCUT2D eigenvalue weighted by Gasteiger charge is 2.13. The predicted molar refractivity (Wildman–Crippen MR) is 61.1 cm³/mol. The third kappa shape index (κ3) is 3.54. The number of nitrogens with one attached hydrogen (secondary N) is 2. The Morgan fingerprint density at radius 3 is 2.93 bits per heavy atom. The summed E-state index contributed by atoms with van der Waals surface area (Å²) < 4.78 is 0. The van der Waals surface area contributed by atoms with Crippen LogP contribution in [0.4, 0.5) is 0 Å². The first-order valence-electron chi connectivity index (χ1n) is 4.88. The molecule has 0 fully saturated rings. The molecule has 1 rings (SSSR count). The lowest BCUT2D eigenvalue weighted by atomic mass is 10.4. The molecule has 1 aromatic rings. The van der Waals surface area contributed by atoms with Gasteiger partial charge in [-0.05, 0) is 13.2 Å². The minimum atomic E-state index is -0.215. The number of hydrogen-bond donors (Lipinski definition) is 2. The predicted octanol–water partition coefficient (Wildman–Crippen LogP) is 0.848. The molecule has 1 unspecified atom stereocenters. The summed E-state index contributed by atoms with van der Waals surface area (Å²) >= 11 is 1.69. The fraction of sp³-hybridized carbons (Fsp3) is 0.667. The van der Waals surface area contributed by atoms with Crippen LogP contribution < -0.4 is 5.32 Å². The molecule has 5 nitrogen and oxygen atoms in total. The maximum atomic E-state index is 11.6. The molecule has 0 aromatic carbocycles. The van der Waals surface area contributed by atoms with E-state index in [2.05, 4.69) is 20.5 Å². The van der Waals surface area contributed by atoms with Crippen LogP contribution in [0.2, 0.25) is 0 Å². The summed E-state index contributed by atoms with van der Waals surface area (Å²) in [5.41, 5.74) is 0. The van der Waals surface area contributed by atoms with Crippen LogP contribution in [0.3, 0.4) is 0 Å². The summed E-state index contributed by atoms with van der Waals surface area (Å²) in [4.78, 5) is 15.7. The van der Waals surface area contributed by atoms with Crippen LogP contribution in [0.1, 0.15) is 30.3 Å². The second-order valence-electron chi connectivity index (χ2n) is 3.29. The van der Waals surface area contributed by atoms with Gasteiger partial charge in [0.05, 0.1) is 0 Å². The van der Waals surface area contributed by atoms with Gasteiger partial charge in [0, 0.05) is 18.2 Å². The van der Waals surface area contributed by atoms with Crippen molar-refractivity contribution >= 4 is 17.7 Å². The molecule has 0 bridgehead atoms. The second-order valence-corrected chi connectivity index (χ2v) is 4.20. The Morgan fingerprint density at radius 2 is 2.40 bits per heavy atom. The van der Waals surface area contributed by atoms with Crippen molar-refractivity contribution in [2.24, 2.45) is 0 Å². The van der Waals surface area contributed by atoms with E-state index in [1.165, 1.54) is 0 Å². The normalized spacial score (nSPS) is 12.5. The summed E-state index contributed by atoms with van der Waals surface area (Å²) in [6, 6.07) is 0.135. The highest BCUT2D eigenvalue weighted by molar-refractivity contribution is 7.98. The lowest BCUT2D eigenvalue weighted by molar-refractivity contribution is 0.0933. The van der Waals surface area contributed by atoms with Crippen LogP contribution >= 0.6 is 11.8 Å². The summed E-state index contributed by atoms with van der Waals surface area (Å²) in [6.45, 7) is 3.92. The first kappa shape index (κ1) is 12.0. The number of thioether (sulfide) groups is 1. The SMILES string of the molecule is CCc1nc(C(=O)NC(C)CSC)n[nH]1. The molecule has 0 aliphatic rings. The summed E-state index contributed by atoms with van der Waals surface area (Å²) in [5, 5.41) is 9.39. The van der Waals surface area contributed by atoms with Gasteiger partial charge in [-0.2, -0.15) is 11.8 Å². The first-order chi connectivity index (χ1) is 7.17. The molecule has 6 heteroatoms. The monoisotopic (exact) mass is 228 g/mol. The lowest BCUT2D eigenvalue weighted by Crippen LogP contribution is -2.34. The average molecular weight is 228 g/mol. The molecule has 84 valence electrons. The Labute approximate surface area is 93.4 Å². The fourth-order valence-electron chi connectivity index (χ4n) is 1.13. The van der Waals surface area contributed by atoms with Gasteiger partial charge < -0.3 is 5.32 Å². The third-order valence-electron chi connectivity index (χ3n) is 1.86. The van der Waals surface area contributed by atoms with Gasteiger partial charge >= 0.3 is 0 Å². The summed E-state index contributed by atoms with van der Waals surface area (Å²) in [5.74, 6) is 1.63. The number of aromatic nitrogens is 3. The number of aryl methyl sites for hydroxylation is 1. The van der Waals surface area contributed by atoms with Crippen LogP contribution in [-0.4, -0.2) is 39.1 Å². The van der Waals surface area contributed by atoms with Gasteiger partial charge in [0.15, 0.2) is 0 Å². The Morgan fingerprint density at radius 1 is 1.67 bits per heavy atom. The second kappa shape index (κ2) is 5.75. The topological polar surface area (TPSA) is 70.7 Å². The molecule has 0 aliphatic carbocycles. The van der Waals surface area contributed by atoms with E-state index in [0.717, 1.165) is 18.0 Å². The van der Waals surface area contributed by atoms with Gasteiger partial charge in [0.1, 0.15) is 5.82 Å². The average Bonchev–Trinajstić information content (AvgIpc) is 2.66. The zero-order valence-electron chi connectivity index (χ0n) is 9.20. The molecule has 15 heavy (non-hydrogen) atoms. The van der Waals surface area contributed by atoms with E-state index in [4.69, 9.17) is 0 Å². The summed E-state index contributed by atoms with van der Waals surface area (Å²) in [7, 11) is 0. The van der Waals surface area contributed by atoms with Crippen LogP contribution in [0.15, 0.2) is 0 Å². The Kier molecular flexibility index (Phi) is 4.61. The van der Waals surface area contributed by atoms with Gasteiger partial charge in [0.25, 0.3) is 5.91 Å². The molecular weight excluding hydrogens is 212 g/mol. The Balaban J connectivity index is 2.53. The molecular formula is C9H16N4OS. The summed E-state index contributed by atoms with van der Waals surface area (Å²) in [6.07, 6.45) is 2.76. The van der Waals surface area contributed by atoms with Crippen LogP contribution in [0, 0.1) is 0 Å². The number of hydrogen-bond acceptors (Lipinski definition) is 4. The lowest BCUT2D eigenvalue weighted by Gasteiger charge is -2.09. The van der Waals surface area contributed by atoms with E-state index in [1.54, 1.807) is 11.8 Å². The number of carbonyl (C=O) groups excluding carboxylic acids is 1. The Bertz CT molecular complexity index is 326. The number of rotatable bonds is 5. The van der Waals surface area contributed by atoms with Crippen molar-refractivity contribution in [1.82, 2.24) is 20.5 Å². The molecule has 0 saturated carbocycles. The minimum Gasteiger partial charge on any atom is -0.346 e. The van der Waals surface area contributed by atoms with Crippen molar-refractivity contribution in [3.8, 4) is 0 Å². The number of H-pyrrole nitrogens is 1. The van der Waals surface area contributed by atoms with E-state index in [-0.39, 0.29) is 17.8 Å². The van der Waals surface area contributed by atoms with Gasteiger partial charge in [0.2, 0.25) is 5.82 Å². The van der Waals surface area contributed by atoms with E-state index in [9.17, 15) is 4.79 Å². The smallest absolute Gasteiger partial charge is 0.291 e. The zero-order valence-corrected chi connectivity index (χ0v) is 10.0. The molecule has 1 amide bonds. The van der Waals surface area contributed by atoms with Gasteiger partial charge in [-0.25, -0.2) is 4.98 Å². The number of aromatic amines is 1. The fourth-order valence-corrected chi connectivity index (χ4v) is 1.72. The Hall–Kier alpha value is -1.04. The van der Waals surface area contributed by atoms with E-state index >= 15 is 0 Å². The maximum Gasteiger partial charge on any atom is 0.291 e. The van der Waals surface area contributed by atoms with Gasteiger partial charge in [-0.1, -0.05) is 6.92 Å². The largest absolute Gasteiger partial charge is 0.346 e. The van der Waals surface area contributed by atoms with Crippen molar-refractivity contribution < 1.29 is 4.79 Å². The van der Waals surface area contributed by atoms with Gasteiger partial charge in [-0.15, -0.1) is 5.10 Å². The highest BCUT2D eigenvalue weighted by atomic mass is 32.2. The molecule has 2 N–H and O–H groups in total. The zero-order chi connectivity index (χ0) is 11.3. The van der Waals surface area contributed by atoms with Crippen LogP contribution in [-0.2, 0) is 6.42 Å². The van der Waals surface area contributed by atoms with Crippen molar-refractivity contribution in [3.63, 3.8) is 0 Å². The minimum absolute atomic E-state index is 0.135. The third-order valence-corrected chi connectivity index (χ3v) is 2.70. The molecule has 0 saturated heterocycles. The molecule has 0 radical (unpaired) electrons. The highest BCUT2D eigenvalue weighted by Crippen LogP contribution is 1.98. The van der Waals surface area contributed by atoms with E-state index in [1.807, 2.05) is 20.1 Å². The molecule has 0 spiro atoms. The number of carbonyl (C=O) groups is 1. The van der Waals surface area contributed by atoms with Crippen LogP contribution in [0.5, 0.6) is 0 Å². The molecule has 1 heterocycles. The van der Waals surface area contributed by atoms with Crippen molar-refractivity contribution in [2.75, 3.05) is 12.0 Å². The van der Waals surface area contributed by atoms with Crippen molar-refractivity contribution in [2.45, 2.75) is 26.3 Å². The molecule has 1 aromatic heterocycles.